The van der Waals surface area contributed by atoms with Gasteiger partial charge in [-0.15, -0.1) is 20.4 Å². The molecule has 5 nitrogen and oxygen atoms in total. The molecule has 0 aliphatic rings. The van der Waals surface area contributed by atoms with E-state index in [4.69, 9.17) is 23.2 Å². The van der Waals surface area contributed by atoms with Crippen LogP contribution in [-0.4, -0.2) is 21.6 Å². The Labute approximate surface area is 121 Å². The van der Waals surface area contributed by atoms with E-state index in [0.717, 1.165) is 4.34 Å². The van der Waals surface area contributed by atoms with Crippen molar-refractivity contribution >= 4 is 57.1 Å². The molecule has 0 atom stereocenters. The second kappa shape index (κ2) is 5.83. The Balaban J connectivity index is 2.23. The van der Waals surface area contributed by atoms with Crippen molar-refractivity contribution in [2.24, 2.45) is 10.2 Å². The summed E-state index contributed by atoms with van der Waals surface area (Å²) in [6.45, 7) is 0. The summed E-state index contributed by atoms with van der Waals surface area (Å²) >= 11 is 14.3. The number of thioether (sulfide) groups is 1. The zero-order chi connectivity index (χ0) is 13.1. The van der Waals surface area contributed by atoms with E-state index in [0.29, 0.717) is 10.8 Å². The van der Waals surface area contributed by atoms with Gasteiger partial charge in [-0.05, 0) is 18.4 Å². The minimum atomic E-state index is -0.169. The highest BCUT2D eigenvalue weighted by Gasteiger charge is 2.06. The molecule has 0 fully saturated rings. The zero-order valence-electron chi connectivity index (χ0n) is 8.96. The first-order chi connectivity index (χ1) is 8.60. The maximum absolute atomic E-state index is 9.39. The van der Waals surface area contributed by atoms with Crippen LogP contribution < -0.4 is 0 Å². The molecule has 0 aliphatic carbocycles. The minimum absolute atomic E-state index is 0.124. The Morgan fingerprint density at radius 2 is 1.89 bits per heavy atom. The molecule has 0 radical (unpaired) electrons. The van der Waals surface area contributed by atoms with Gasteiger partial charge in [0.1, 0.15) is 0 Å². The Hall–Kier alpha value is -0.890. The summed E-state index contributed by atoms with van der Waals surface area (Å²) in [4.78, 5) is 0. The lowest BCUT2D eigenvalue weighted by molar-refractivity contribution is 0.476. The van der Waals surface area contributed by atoms with Crippen LogP contribution in [0.1, 0.15) is 0 Å². The van der Waals surface area contributed by atoms with E-state index in [1.165, 1.54) is 35.2 Å². The van der Waals surface area contributed by atoms with E-state index in [2.05, 4.69) is 20.4 Å². The molecule has 1 N–H and O–H groups in total. The molecule has 0 bridgehead atoms. The van der Waals surface area contributed by atoms with Crippen molar-refractivity contribution in [3.63, 3.8) is 0 Å². The van der Waals surface area contributed by atoms with Gasteiger partial charge in [-0.3, -0.25) is 0 Å². The van der Waals surface area contributed by atoms with Gasteiger partial charge in [0.15, 0.2) is 10.1 Å². The van der Waals surface area contributed by atoms with Crippen molar-refractivity contribution in [1.29, 1.82) is 0 Å². The summed E-state index contributed by atoms with van der Waals surface area (Å²) in [5, 5.41) is 25.6. The molecule has 0 amide bonds. The van der Waals surface area contributed by atoms with Gasteiger partial charge in [0.2, 0.25) is 0 Å². The molecule has 9 heteroatoms. The van der Waals surface area contributed by atoms with Gasteiger partial charge in [0.25, 0.3) is 5.13 Å². The highest BCUT2D eigenvalue weighted by molar-refractivity contribution is 8.00. The van der Waals surface area contributed by atoms with Gasteiger partial charge in [-0.25, -0.2) is 0 Å². The van der Waals surface area contributed by atoms with Gasteiger partial charge in [-0.1, -0.05) is 46.3 Å². The number of rotatable bonds is 3. The Bertz CT molecular complexity index is 579. The second-order valence-corrected chi connectivity index (χ2v) is 5.84. The van der Waals surface area contributed by atoms with Crippen LogP contribution in [0.3, 0.4) is 0 Å². The average molecular weight is 321 g/mol. The molecule has 18 heavy (non-hydrogen) atoms. The smallest absolute Gasteiger partial charge is 0.252 e. The number of hydrogen-bond donors (Lipinski definition) is 1. The van der Waals surface area contributed by atoms with E-state index >= 15 is 0 Å². The molecule has 1 aromatic carbocycles. The number of phenols is 1. The van der Waals surface area contributed by atoms with Crippen molar-refractivity contribution in [2.75, 3.05) is 6.26 Å². The maximum atomic E-state index is 9.39. The first kappa shape index (κ1) is 13.5. The number of halogens is 2. The molecular formula is C9H6Cl2N4OS2. The van der Waals surface area contributed by atoms with E-state index in [9.17, 15) is 5.11 Å². The fourth-order valence-electron chi connectivity index (χ4n) is 1.04. The van der Waals surface area contributed by atoms with Crippen LogP contribution in [0.15, 0.2) is 26.7 Å². The van der Waals surface area contributed by atoms with Gasteiger partial charge < -0.3 is 5.11 Å². The Kier molecular flexibility index (Phi) is 4.39. The molecule has 1 aromatic heterocycles. The first-order valence-electron chi connectivity index (χ1n) is 4.57. The summed E-state index contributed by atoms with van der Waals surface area (Å²) in [7, 11) is 0. The monoisotopic (exact) mass is 320 g/mol. The molecule has 94 valence electrons. The van der Waals surface area contributed by atoms with Crippen LogP contribution in [0.5, 0.6) is 5.75 Å². The highest BCUT2D eigenvalue weighted by Crippen LogP contribution is 2.36. The van der Waals surface area contributed by atoms with Gasteiger partial charge >= 0.3 is 0 Å². The van der Waals surface area contributed by atoms with Crippen molar-refractivity contribution in [2.45, 2.75) is 4.34 Å². The fourth-order valence-corrected chi connectivity index (χ4v) is 2.59. The van der Waals surface area contributed by atoms with Crippen molar-refractivity contribution in [3.8, 4) is 5.75 Å². The number of azo groups is 1. The van der Waals surface area contributed by atoms with E-state index < -0.39 is 0 Å². The van der Waals surface area contributed by atoms with Gasteiger partial charge in [-0.2, -0.15) is 0 Å². The third kappa shape index (κ3) is 3.11. The van der Waals surface area contributed by atoms with Crippen LogP contribution >= 0.6 is 46.3 Å². The number of aromatic hydroxyl groups is 1. The number of nitrogens with zero attached hydrogens (tertiary/aromatic N) is 4. The van der Waals surface area contributed by atoms with Crippen LogP contribution in [-0.2, 0) is 0 Å². The molecule has 0 spiro atoms. The van der Waals surface area contributed by atoms with Crippen molar-refractivity contribution in [1.82, 2.24) is 10.2 Å². The minimum Gasteiger partial charge on any atom is -0.505 e. The second-order valence-electron chi connectivity index (χ2n) is 3.01. The lowest BCUT2D eigenvalue weighted by Crippen LogP contribution is -1.72. The predicted octanol–water partition coefficient (Wildman–Crippen LogP) is 4.69. The van der Waals surface area contributed by atoms with E-state index in [1.807, 2.05) is 6.26 Å². The van der Waals surface area contributed by atoms with Crippen molar-refractivity contribution in [3.05, 3.63) is 22.2 Å². The largest absolute Gasteiger partial charge is 0.505 e. The molecule has 1 heterocycles. The summed E-state index contributed by atoms with van der Waals surface area (Å²) in [5.41, 5.74) is 0.434. The average Bonchev–Trinajstić information content (AvgIpc) is 2.81. The van der Waals surface area contributed by atoms with Gasteiger partial charge in [0.05, 0.1) is 15.7 Å². The molecule has 2 aromatic rings. The van der Waals surface area contributed by atoms with E-state index in [-0.39, 0.29) is 15.8 Å². The topological polar surface area (TPSA) is 70.7 Å². The lowest BCUT2D eigenvalue weighted by Gasteiger charge is -1.99. The number of hydrogen-bond acceptors (Lipinski definition) is 7. The molecular weight excluding hydrogens is 315 g/mol. The number of phenolic OH excluding ortho intramolecular Hbond substituents is 1. The highest BCUT2D eigenvalue weighted by atomic mass is 35.5. The molecule has 0 unspecified atom stereocenters. The Morgan fingerprint density at radius 1 is 1.22 bits per heavy atom. The third-order valence-corrected chi connectivity index (χ3v) is 4.18. The Morgan fingerprint density at radius 3 is 2.44 bits per heavy atom. The summed E-state index contributed by atoms with van der Waals surface area (Å²) in [5.74, 6) is -0.169. The fraction of sp³-hybridized carbons (Fsp3) is 0.111. The predicted molar refractivity (Wildman–Crippen MR) is 74.0 cm³/mol. The van der Waals surface area contributed by atoms with Gasteiger partial charge in [0, 0.05) is 0 Å². The molecule has 0 aliphatic heterocycles. The number of benzene rings is 1. The molecule has 0 saturated carbocycles. The molecule has 0 saturated heterocycles. The molecule has 2 rings (SSSR count). The standard InChI is InChI=1S/C9H6Cl2N4OS2/c1-17-9-15-14-8(18-9)13-12-4-2-5(10)7(16)6(11)3-4/h2-3,16H,1H3. The quantitative estimate of drug-likeness (QED) is 0.658. The van der Waals surface area contributed by atoms with Crippen molar-refractivity contribution < 1.29 is 5.11 Å². The summed E-state index contributed by atoms with van der Waals surface area (Å²) in [6, 6.07) is 2.92. The first-order valence-corrected chi connectivity index (χ1v) is 7.37. The SMILES string of the molecule is CSc1nnc(N=Nc2cc(Cl)c(O)c(Cl)c2)s1. The van der Waals surface area contributed by atoms with E-state index in [1.54, 1.807) is 0 Å². The normalized spacial score (nSPS) is 11.3. The van der Waals surface area contributed by atoms with Crippen LogP contribution in [0.25, 0.3) is 0 Å². The van der Waals surface area contributed by atoms with Crippen LogP contribution in [0, 0.1) is 0 Å². The summed E-state index contributed by atoms with van der Waals surface area (Å²) < 4.78 is 0.811. The lowest BCUT2D eigenvalue weighted by atomic mass is 10.3. The van der Waals surface area contributed by atoms with Crippen LogP contribution in [0.4, 0.5) is 10.8 Å². The summed E-state index contributed by atoms with van der Waals surface area (Å²) in [6.07, 6.45) is 1.90. The zero-order valence-corrected chi connectivity index (χ0v) is 12.1. The third-order valence-electron chi connectivity index (χ3n) is 1.82. The number of aromatic nitrogens is 2. The maximum Gasteiger partial charge on any atom is 0.252 e. The van der Waals surface area contributed by atoms with Crippen LogP contribution in [0.2, 0.25) is 10.0 Å².